The minimum atomic E-state index is 0.157. The number of hydrogen-bond donors (Lipinski definition) is 2. The molecule has 1 aliphatic carbocycles. The van der Waals surface area contributed by atoms with E-state index in [9.17, 15) is 4.79 Å². The lowest BCUT2D eigenvalue weighted by Gasteiger charge is -2.32. The van der Waals surface area contributed by atoms with Crippen LogP contribution in [-0.4, -0.2) is 24.5 Å². The zero-order valence-corrected chi connectivity index (χ0v) is 11.8. The van der Waals surface area contributed by atoms with Crippen molar-refractivity contribution in [1.82, 2.24) is 10.6 Å². The minimum Gasteiger partial charge on any atom is -0.354 e. The molecule has 100 valence electrons. The van der Waals surface area contributed by atoms with Crippen molar-refractivity contribution in [1.29, 1.82) is 0 Å². The van der Waals surface area contributed by atoms with Gasteiger partial charge in [0, 0.05) is 25.0 Å². The highest BCUT2D eigenvalue weighted by Gasteiger charge is 2.23. The molecule has 3 heteroatoms. The second-order valence-electron chi connectivity index (χ2n) is 6.04. The van der Waals surface area contributed by atoms with Gasteiger partial charge in [-0.3, -0.25) is 4.79 Å². The maximum Gasteiger partial charge on any atom is 0.221 e. The third kappa shape index (κ3) is 6.06. The zero-order chi connectivity index (χ0) is 12.8. The molecule has 1 fully saturated rings. The number of carbonyl (C=O) groups is 1. The fraction of sp³-hybridized carbons (Fsp3) is 0.929. The first-order chi connectivity index (χ1) is 7.97. The van der Waals surface area contributed by atoms with Gasteiger partial charge in [-0.05, 0) is 44.9 Å². The van der Waals surface area contributed by atoms with Gasteiger partial charge in [-0.25, -0.2) is 0 Å². The smallest absolute Gasteiger partial charge is 0.221 e. The second-order valence-corrected chi connectivity index (χ2v) is 6.04. The summed E-state index contributed by atoms with van der Waals surface area (Å²) in [6, 6.07) is 0.859. The molecule has 1 amide bonds. The maximum atomic E-state index is 11.5. The van der Waals surface area contributed by atoms with Gasteiger partial charge in [-0.1, -0.05) is 13.8 Å². The van der Waals surface area contributed by atoms with Crippen molar-refractivity contribution >= 4 is 5.91 Å². The molecule has 2 atom stereocenters. The van der Waals surface area contributed by atoms with Crippen molar-refractivity contribution in [3.05, 3.63) is 0 Å². The number of carbonyl (C=O) groups excluding carboxylic acids is 1. The van der Waals surface area contributed by atoms with Crippen LogP contribution in [0.15, 0.2) is 0 Å². The SMILES string of the molecule is CC1CC(C)CC(NCCC(=O)NC(C)C)C1. The van der Waals surface area contributed by atoms with Crippen LogP contribution in [0.5, 0.6) is 0 Å². The molecule has 17 heavy (non-hydrogen) atoms. The molecule has 2 unspecified atom stereocenters. The van der Waals surface area contributed by atoms with Crippen LogP contribution in [0.25, 0.3) is 0 Å². The molecule has 0 aromatic heterocycles. The average Bonchev–Trinajstić information content (AvgIpc) is 2.14. The highest BCUT2D eigenvalue weighted by atomic mass is 16.1. The average molecular weight is 240 g/mol. The standard InChI is InChI=1S/C14H28N2O/c1-10(2)16-14(17)5-6-15-13-8-11(3)7-12(4)9-13/h10-13,15H,5-9H2,1-4H3,(H,16,17). The van der Waals surface area contributed by atoms with E-state index in [1.807, 2.05) is 13.8 Å². The summed E-state index contributed by atoms with van der Waals surface area (Å²) in [5.41, 5.74) is 0. The largest absolute Gasteiger partial charge is 0.354 e. The molecule has 0 aliphatic heterocycles. The molecule has 1 rings (SSSR count). The van der Waals surface area contributed by atoms with E-state index in [1.165, 1.54) is 19.3 Å². The Kier molecular flexibility index (Phi) is 5.96. The maximum absolute atomic E-state index is 11.5. The quantitative estimate of drug-likeness (QED) is 0.774. The lowest BCUT2D eigenvalue weighted by molar-refractivity contribution is -0.121. The van der Waals surface area contributed by atoms with E-state index in [2.05, 4.69) is 24.5 Å². The summed E-state index contributed by atoms with van der Waals surface area (Å²) in [6.45, 7) is 9.46. The molecule has 0 radical (unpaired) electrons. The van der Waals surface area contributed by atoms with Crippen molar-refractivity contribution in [2.75, 3.05) is 6.54 Å². The van der Waals surface area contributed by atoms with Gasteiger partial charge in [-0.15, -0.1) is 0 Å². The van der Waals surface area contributed by atoms with E-state index in [0.717, 1.165) is 18.4 Å². The monoisotopic (exact) mass is 240 g/mol. The van der Waals surface area contributed by atoms with Crippen molar-refractivity contribution in [3.63, 3.8) is 0 Å². The van der Waals surface area contributed by atoms with E-state index in [-0.39, 0.29) is 11.9 Å². The Balaban J connectivity index is 2.15. The molecule has 2 N–H and O–H groups in total. The summed E-state index contributed by atoms with van der Waals surface area (Å²) in [6.07, 6.45) is 4.47. The van der Waals surface area contributed by atoms with Gasteiger partial charge in [0.15, 0.2) is 0 Å². The summed E-state index contributed by atoms with van der Waals surface area (Å²) in [5.74, 6) is 1.80. The van der Waals surface area contributed by atoms with Crippen molar-refractivity contribution in [2.24, 2.45) is 11.8 Å². The molecule has 0 heterocycles. The molecule has 0 bridgehead atoms. The van der Waals surface area contributed by atoms with Gasteiger partial charge in [0.25, 0.3) is 0 Å². The normalized spacial score (nSPS) is 29.4. The lowest BCUT2D eigenvalue weighted by Crippen LogP contribution is -2.39. The molecule has 1 aliphatic rings. The van der Waals surface area contributed by atoms with Crippen LogP contribution < -0.4 is 10.6 Å². The number of hydrogen-bond acceptors (Lipinski definition) is 2. The Morgan fingerprint density at radius 3 is 2.29 bits per heavy atom. The topological polar surface area (TPSA) is 41.1 Å². The summed E-state index contributed by atoms with van der Waals surface area (Å²) < 4.78 is 0. The van der Waals surface area contributed by atoms with E-state index >= 15 is 0 Å². The highest BCUT2D eigenvalue weighted by Crippen LogP contribution is 2.28. The van der Waals surface area contributed by atoms with Gasteiger partial charge in [0.1, 0.15) is 0 Å². The van der Waals surface area contributed by atoms with Gasteiger partial charge in [0.05, 0.1) is 0 Å². The number of rotatable bonds is 5. The van der Waals surface area contributed by atoms with Crippen molar-refractivity contribution < 1.29 is 4.79 Å². The molecule has 0 aromatic rings. The van der Waals surface area contributed by atoms with Crippen LogP contribution in [0, 0.1) is 11.8 Å². The zero-order valence-electron chi connectivity index (χ0n) is 11.8. The van der Waals surface area contributed by atoms with E-state index < -0.39 is 0 Å². The van der Waals surface area contributed by atoms with Gasteiger partial charge < -0.3 is 10.6 Å². The van der Waals surface area contributed by atoms with Crippen LogP contribution in [0.1, 0.15) is 53.4 Å². The Bertz CT molecular complexity index is 230. The Morgan fingerprint density at radius 2 is 1.76 bits per heavy atom. The van der Waals surface area contributed by atoms with Crippen LogP contribution in [0.3, 0.4) is 0 Å². The van der Waals surface area contributed by atoms with Gasteiger partial charge in [0.2, 0.25) is 5.91 Å². The fourth-order valence-corrected chi connectivity index (χ4v) is 2.90. The first-order valence-electron chi connectivity index (χ1n) is 7.00. The molecule has 1 saturated carbocycles. The Labute approximate surface area is 106 Å². The first-order valence-corrected chi connectivity index (χ1v) is 7.00. The predicted octanol–water partition coefficient (Wildman–Crippen LogP) is 2.32. The number of nitrogens with one attached hydrogen (secondary N) is 2. The fourth-order valence-electron chi connectivity index (χ4n) is 2.90. The summed E-state index contributed by atoms with van der Waals surface area (Å²) in [5, 5.41) is 6.44. The van der Waals surface area contributed by atoms with Crippen molar-refractivity contribution in [3.8, 4) is 0 Å². The molecule has 0 spiro atoms. The van der Waals surface area contributed by atoms with Gasteiger partial charge in [-0.2, -0.15) is 0 Å². The molecule has 0 saturated heterocycles. The van der Waals surface area contributed by atoms with Crippen LogP contribution in [-0.2, 0) is 4.79 Å². The molecule has 0 aromatic carbocycles. The highest BCUT2D eigenvalue weighted by molar-refractivity contribution is 5.76. The van der Waals surface area contributed by atoms with E-state index in [0.29, 0.717) is 12.5 Å². The summed E-state index contributed by atoms with van der Waals surface area (Å²) in [7, 11) is 0. The van der Waals surface area contributed by atoms with Crippen molar-refractivity contribution in [2.45, 2.75) is 65.5 Å². The Morgan fingerprint density at radius 1 is 1.18 bits per heavy atom. The lowest BCUT2D eigenvalue weighted by atomic mass is 9.80. The molecular weight excluding hydrogens is 212 g/mol. The van der Waals surface area contributed by atoms with Gasteiger partial charge >= 0.3 is 0 Å². The first kappa shape index (κ1) is 14.5. The predicted molar refractivity (Wildman–Crippen MR) is 71.9 cm³/mol. The van der Waals surface area contributed by atoms with E-state index in [4.69, 9.17) is 0 Å². The minimum absolute atomic E-state index is 0.157. The Hall–Kier alpha value is -0.570. The summed E-state index contributed by atoms with van der Waals surface area (Å²) in [4.78, 5) is 11.5. The van der Waals surface area contributed by atoms with E-state index in [1.54, 1.807) is 0 Å². The number of amides is 1. The molecular formula is C14H28N2O. The second kappa shape index (κ2) is 7.00. The third-order valence-corrected chi connectivity index (χ3v) is 3.41. The van der Waals surface area contributed by atoms with Crippen LogP contribution in [0.4, 0.5) is 0 Å². The van der Waals surface area contributed by atoms with Crippen LogP contribution >= 0.6 is 0 Å². The summed E-state index contributed by atoms with van der Waals surface area (Å²) >= 11 is 0. The molecule has 3 nitrogen and oxygen atoms in total. The van der Waals surface area contributed by atoms with Crippen LogP contribution in [0.2, 0.25) is 0 Å². The third-order valence-electron chi connectivity index (χ3n) is 3.41.